The van der Waals surface area contributed by atoms with Crippen LogP contribution in [0.25, 0.3) is 0 Å². The highest BCUT2D eigenvalue weighted by Gasteiger charge is 2.33. The number of carbonyl (C=O) groups is 1. The number of carbonyl (C=O) groups excluding carboxylic acids is 1. The van der Waals surface area contributed by atoms with Gasteiger partial charge >= 0.3 is 5.97 Å². The van der Waals surface area contributed by atoms with Crippen LogP contribution in [0.3, 0.4) is 0 Å². The van der Waals surface area contributed by atoms with Crippen molar-refractivity contribution >= 4 is 5.97 Å². The second-order valence-electron chi connectivity index (χ2n) is 4.30. The molecule has 0 saturated carbocycles. The van der Waals surface area contributed by atoms with Crippen LogP contribution < -0.4 is 0 Å². The van der Waals surface area contributed by atoms with E-state index in [1.807, 2.05) is 18.2 Å². The maximum atomic E-state index is 11.7. The molecule has 0 radical (unpaired) electrons. The fourth-order valence-electron chi connectivity index (χ4n) is 1.57. The Balaban J connectivity index is 2.62. The second kappa shape index (κ2) is 5.87. The molecule has 4 nitrogen and oxygen atoms in total. The van der Waals surface area contributed by atoms with Gasteiger partial charge in [0.05, 0.1) is 19.8 Å². The zero-order valence-corrected chi connectivity index (χ0v) is 10.9. The van der Waals surface area contributed by atoms with Gasteiger partial charge in [-0.3, -0.25) is 0 Å². The molecule has 1 atom stereocenters. The van der Waals surface area contributed by atoms with E-state index in [1.165, 1.54) is 0 Å². The van der Waals surface area contributed by atoms with Gasteiger partial charge in [0.2, 0.25) is 0 Å². The molecule has 4 heteroatoms. The van der Waals surface area contributed by atoms with Gasteiger partial charge in [0, 0.05) is 0 Å². The molecule has 1 unspecified atom stereocenters. The van der Waals surface area contributed by atoms with E-state index < -0.39 is 5.60 Å². The van der Waals surface area contributed by atoms with Crippen LogP contribution in [0.4, 0.5) is 0 Å². The Morgan fingerprint density at radius 3 is 2.82 bits per heavy atom. The molecule has 17 heavy (non-hydrogen) atoms. The first-order chi connectivity index (χ1) is 7.99. The number of methoxy groups -OCH3 is 1. The van der Waals surface area contributed by atoms with Gasteiger partial charge in [0.15, 0.2) is 5.60 Å². The molecule has 0 aromatic carbocycles. The lowest BCUT2D eigenvalue weighted by atomic mass is 10.1. The van der Waals surface area contributed by atoms with Gasteiger partial charge in [-0.25, -0.2) is 4.79 Å². The second-order valence-corrected chi connectivity index (χ2v) is 4.30. The molecule has 1 aliphatic carbocycles. The summed E-state index contributed by atoms with van der Waals surface area (Å²) in [6, 6.07) is 0. The number of hydrogen-bond donors (Lipinski definition) is 0. The van der Waals surface area contributed by atoms with Crippen molar-refractivity contribution in [1.29, 1.82) is 0 Å². The first kappa shape index (κ1) is 13.8. The Morgan fingerprint density at radius 1 is 1.53 bits per heavy atom. The summed E-state index contributed by atoms with van der Waals surface area (Å²) in [5.74, 6) is 0.405. The first-order valence-corrected chi connectivity index (χ1v) is 5.77. The van der Waals surface area contributed by atoms with Crippen molar-refractivity contribution < 1.29 is 19.0 Å². The predicted octanol–water partition coefficient (Wildman–Crippen LogP) is 2.20. The Bertz CT molecular complexity index is 328. The Kier molecular flexibility index (Phi) is 4.75. The highest BCUT2D eigenvalue weighted by Crippen LogP contribution is 2.21. The van der Waals surface area contributed by atoms with E-state index in [9.17, 15) is 4.79 Å². The van der Waals surface area contributed by atoms with Crippen molar-refractivity contribution in [3.63, 3.8) is 0 Å². The van der Waals surface area contributed by atoms with E-state index in [-0.39, 0.29) is 12.1 Å². The summed E-state index contributed by atoms with van der Waals surface area (Å²) in [5.41, 5.74) is -0.943. The zero-order chi connectivity index (χ0) is 12.9. The van der Waals surface area contributed by atoms with E-state index in [0.717, 1.165) is 12.2 Å². The third kappa shape index (κ3) is 3.89. The van der Waals surface area contributed by atoms with Crippen LogP contribution in [0.1, 0.15) is 27.2 Å². The summed E-state index contributed by atoms with van der Waals surface area (Å²) in [4.78, 5) is 11.7. The van der Waals surface area contributed by atoms with E-state index in [4.69, 9.17) is 14.2 Å². The van der Waals surface area contributed by atoms with Crippen molar-refractivity contribution in [3.8, 4) is 0 Å². The summed E-state index contributed by atoms with van der Waals surface area (Å²) < 4.78 is 15.8. The number of esters is 1. The lowest BCUT2D eigenvalue weighted by molar-refractivity contribution is -0.171. The Labute approximate surface area is 102 Å². The number of allylic oxidation sites excluding steroid dienone is 1. The van der Waals surface area contributed by atoms with Crippen LogP contribution in [0, 0.1) is 0 Å². The average molecular weight is 240 g/mol. The lowest BCUT2D eigenvalue weighted by Crippen LogP contribution is -2.40. The fourth-order valence-corrected chi connectivity index (χ4v) is 1.57. The van der Waals surface area contributed by atoms with Crippen molar-refractivity contribution in [2.45, 2.75) is 38.9 Å². The molecule has 0 spiro atoms. The molecule has 0 heterocycles. The van der Waals surface area contributed by atoms with Crippen LogP contribution >= 0.6 is 0 Å². The smallest absolute Gasteiger partial charge is 0.337 e. The van der Waals surface area contributed by atoms with E-state index >= 15 is 0 Å². The third-order valence-corrected chi connectivity index (χ3v) is 2.45. The van der Waals surface area contributed by atoms with E-state index in [2.05, 4.69) is 0 Å². The normalized spacial score (nSPS) is 19.8. The van der Waals surface area contributed by atoms with Gasteiger partial charge < -0.3 is 14.2 Å². The highest BCUT2D eigenvalue weighted by atomic mass is 16.6. The van der Waals surface area contributed by atoms with Crippen molar-refractivity contribution in [2.75, 3.05) is 13.7 Å². The molecule has 0 saturated heterocycles. The topological polar surface area (TPSA) is 44.8 Å². The minimum atomic E-state index is -0.943. The molecule has 0 N–H and O–H groups in total. The average Bonchev–Trinajstić information content (AvgIpc) is 2.29. The summed E-state index contributed by atoms with van der Waals surface area (Å²) in [6.07, 6.45) is 6.29. The van der Waals surface area contributed by atoms with Crippen molar-refractivity contribution in [2.24, 2.45) is 0 Å². The maximum Gasteiger partial charge on any atom is 0.337 e. The van der Waals surface area contributed by atoms with Gasteiger partial charge in [-0.15, -0.1) is 0 Å². The minimum absolute atomic E-state index is 0.158. The minimum Gasteiger partial charge on any atom is -0.497 e. The zero-order valence-electron chi connectivity index (χ0n) is 10.9. The lowest BCUT2D eigenvalue weighted by Gasteiger charge is -2.28. The number of ether oxygens (including phenoxy) is 3. The summed E-state index contributed by atoms with van der Waals surface area (Å²) in [6.45, 7) is 5.56. The monoisotopic (exact) mass is 240 g/mol. The molecule has 0 aromatic rings. The van der Waals surface area contributed by atoms with Gasteiger partial charge in [0.1, 0.15) is 5.76 Å². The van der Waals surface area contributed by atoms with Crippen LogP contribution in [0.15, 0.2) is 24.0 Å². The standard InChI is InChI=1S/C13H20O4/c1-5-16-12(14)13(2,3)17-11-8-6-7-10(9-11)15-4/h6-7,9,11H,5,8H2,1-4H3. The highest BCUT2D eigenvalue weighted by molar-refractivity contribution is 5.78. The first-order valence-electron chi connectivity index (χ1n) is 5.77. The molecular weight excluding hydrogens is 220 g/mol. The van der Waals surface area contributed by atoms with Crippen molar-refractivity contribution in [1.82, 2.24) is 0 Å². The van der Waals surface area contributed by atoms with E-state index in [0.29, 0.717) is 6.61 Å². The molecule has 0 bridgehead atoms. The van der Waals surface area contributed by atoms with Crippen LogP contribution in [-0.4, -0.2) is 31.4 Å². The molecule has 1 aliphatic rings. The molecule has 0 amide bonds. The molecule has 96 valence electrons. The molecule has 0 aromatic heterocycles. The Morgan fingerprint density at radius 2 is 2.24 bits per heavy atom. The van der Waals surface area contributed by atoms with Gasteiger partial charge in [-0.2, -0.15) is 0 Å². The molecule has 1 rings (SSSR count). The van der Waals surface area contributed by atoms with Crippen LogP contribution in [0.2, 0.25) is 0 Å². The third-order valence-electron chi connectivity index (χ3n) is 2.45. The van der Waals surface area contributed by atoms with Gasteiger partial charge in [-0.05, 0) is 39.3 Å². The summed E-state index contributed by atoms with van der Waals surface area (Å²) >= 11 is 0. The van der Waals surface area contributed by atoms with Crippen LogP contribution in [0.5, 0.6) is 0 Å². The Hall–Kier alpha value is -1.29. The van der Waals surface area contributed by atoms with E-state index in [1.54, 1.807) is 27.9 Å². The summed E-state index contributed by atoms with van der Waals surface area (Å²) in [5, 5.41) is 0. The SMILES string of the molecule is CCOC(=O)C(C)(C)OC1C=C(OC)C=CC1. The van der Waals surface area contributed by atoms with Gasteiger partial charge in [-0.1, -0.05) is 6.08 Å². The maximum absolute atomic E-state index is 11.7. The van der Waals surface area contributed by atoms with Crippen molar-refractivity contribution in [3.05, 3.63) is 24.0 Å². The molecule has 0 fully saturated rings. The van der Waals surface area contributed by atoms with Crippen LogP contribution in [-0.2, 0) is 19.0 Å². The summed E-state index contributed by atoms with van der Waals surface area (Å²) in [7, 11) is 1.61. The quantitative estimate of drug-likeness (QED) is 0.691. The predicted molar refractivity (Wildman–Crippen MR) is 64.4 cm³/mol. The fraction of sp³-hybridized carbons (Fsp3) is 0.615. The molecular formula is C13H20O4. The largest absolute Gasteiger partial charge is 0.497 e. The molecule has 0 aliphatic heterocycles. The van der Waals surface area contributed by atoms with Gasteiger partial charge in [0.25, 0.3) is 0 Å². The number of hydrogen-bond acceptors (Lipinski definition) is 4. The number of rotatable bonds is 5.